The van der Waals surface area contributed by atoms with Crippen LogP contribution in [0.4, 0.5) is 5.82 Å². The first-order chi connectivity index (χ1) is 16.3. The van der Waals surface area contributed by atoms with Crippen molar-refractivity contribution in [2.45, 2.75) is 32.9 Å². The zero-order chi connectivity index (χ0) is 24.4. The predicted octanol–water partition coefficient (Wildman–Crippen LogP) is 4.24. The van der Waals surface area contributed by atoms with Gasteiger partial charge in [0.1, 0.15) is 15.8 Å². The number of hydrogen-bond acceptors (Lipinski definition) is 7. The minimum Gasteiger partial charge on any atom is -0.394 e. The Labute approximate surface area is 211 Å². The van der Waals surface area contributed by atoms with E-state index >= 15 is 0 Å². The zero-order valence-corrected chi connectivity index (χ0v) is 21.0. The molecule has 1 aliphatic heterocycles. The highest BCUT2D eigenvalue weighted by atomic mass is 35.5. The minimum atomic E-state index is -0.319. The number of halogens is 1. The van der Waals surface area contributed by atoms with Crippen molar-refractivity contribution in [3.05, 3.63) is 79.6 Å². The van der Waals surface area contributed by atoms with Crippen LogP contribution >= 0.6 is 35.6 Å². The normalized spacial score (nSPS) is 16.0. The van der Waals surface area contributed by atoms with Gasteiger partial charge in [0.15, 0.2) is 0 Å². The summed E-state index contributed by atoms with van der Waals surface area (Å²) < 4.78 is 1.84. The average Bonchev–Trinajstić information content (AvgIpc) is 3.09. The second-order valence-corrected chi connectivity index (χ2v) is 9.94. The third-order valence-electron chi connectivity index (χ3n) is 5.57. The number of pyridine rings is 1. The van der Waals surface area contributed by atoms with E-state index in [2.05, 4.69) is 10.3 Å². The highest BCUT2D eigenvalue weighted by Gasteiger charge is 2.33. The molecular formula is C24H23ClN4O3S2. The van der Waals surface area contributed by atoms with Gasteiger partial charge in [-0.1, -0.05) is 66.8 Å². The van der Waals surface area contributed by atoms with E-state index in [9.17, 15) is 14.7 Å². The fourth-order valence-corrected chi connectivity index (χ4v) is 5.02. The van der Waals surface area contributed by atoms with Crippen LogP contribution in [-0.2, 0) is 11.3 Å². The van der Waals surface area contributed by atoms with Gasteiger partial charge in [-0.2, -0.15) is 0 Å². The summed E-state index contributed by atoms with van der Waals surface area (Å²) >= 11 is 12.9. The molecular weight excluding hydrogens is 492 g/mol. The first kappa shape index (κ1) is 24.4. The molecule has 0 saturated carbocycles. The molecule has 1 unspecified atom stereocenters. The summed E-state index contributed by atoms with van der Waals surface area (Å²) in [6.07, 6.45) is 3.80. The predicted molar refractivity (Wildman–Crippen MR) is 141 cm³/mol. The second kappa shape index (κ2) is 10.3. The van der Waals surface area contributed by atoms with Gasteiger partial charge < -0.3 is 10.4 Å². The summed E-state index contributed by atoms with van der Waals surface area (Å²) in [6, 6.07) is 10.6. The fraction of sp³-hybridized carbons (Fsp3) is 0.250. The van der Waals surface area contributed by atoms with Crippen LogP contribution in [-0.4, -0.2) is 42.3 Å². The van der Waals surface area contributed by atoms with E-state index in [0.717, 1.165) is 22.9 Å². The Morgan fingerprint density at radius 2 is 2.03 bits per heavy atom. The molecule has 0 spiro atoms. The lowest BCUT2D eigenvalue weighted by Crippen LogP contribution is -2.28. The van der Waals surface area contributed by atoms with Gasteiger partial charge in [0.05, 0.1) is 29.7 Å². The van der Waals surface area contributed by atoms with E-state index in [1.54, 1.807) is 18.3 Å². The van der Waals surface area contributed by atoms with Crippen molar-refractivity contribution in [3.8, 4) is 0 Å². The molecule has 7 nitrogen and oxygen atoms in total. The number of thioether (sulfide) groups is 1. The third kappa shape index (κ3) is 4.74. The van der Waals surface area contributed by atoms with Crippen LogP contribution in [0.1, 0.15) is 30.0 Å². The van der Waals surface area contributed by atoms with E-state index in [1.165, 1.54) is 15.4 Å². The molecule has 1 aromatic carbocycles. The number of aliphatic hydroxyl groups excluding tert-OH is 1. The molecule has 10 heteroatoms. The zero-order valence-electron chi connectivity index (χ0n) is 18.6. The molecule has 1 saturated heterocycles. The number of carbonyl (C=O) groups is 1. The van der Waals surface area contributed by atoms with Crippen molar-refractivity contribution in [2.24, 2.45) is 0 Å². The van der Waals surface area contributed by atoms with E-state index in [-0.39, 0.29) is 36.2 Å². The summed E-state index contributed by atoms with van der Waals surface area (Å²) in [5.74, 6) is 0.0142. The molecule has 2 aromatic heterocycles. The largest absolute Gasteiger partial charge is 0.394 e. The highest BCUT2D eigenvalue weighted by molar-refractivity contribution is 8.26. The van der Waals surface area contributed by atoms with Crippen molar-refractivity contribution in [1.82, 2.24) is 14.3 Å². The number of anilines is 1. The van der Waals surface area contributed by atoms with Gasteiger partial charge in [0.25, 0.3) is 11.5 Å². The van der Waals surface area contributed by atoms with Crippen molar-refractivity contribution in [1.29, 1.82) is 0 Å². The van der Waals surface area contributed by atoms with Crippen LogP contribution in [0.25, 0.3) is 11.7 Å². The quantitative estimate of drug-likeness (QED) is 0.360. The number of nitrogens with zero attached hydrogens (tertiary/aromatic N) is 3. The van der Waals surface area contributed by atoms with Gasteiger partial charge >= 0.3 is 0 Å². The molecule has 1 aliphatic rings. The molecule has 1 fully saturated rings. The number of amides is 1. The lowest BCUT2D eigenvalue weighted by molar-refractivity contribution is -0.122. The molecule has 1 amide bonds. The van der Waals surface area contributed by atoms with Gasteiger partial charge in [-0.15, -0.1) is 0 Å². The lowest BCUT2D eigenvalue weighted by Gasteiger charge is -2.18. The number of carbonyl (C=O) groups excluding carboxylic acids is 1. The monoisotopic (exact) mass is 514 g/mol. The van der Waals surface area contributed by atoms with Crippen molar-refractivity contribution < 1.29 is 9.90 Å². The van der Waals surface area contributed by atoms with E-state index in [0.29, 0.717) is 32.1 Å². The Kier molecular flexibility index (Phi) is 7.37. The number of aliphatic hydroxyl groups is 1. The Morgan fingerprint density at radius 3 is 2.74 bits per heavy atom. The van der Waals surface area contributed by atoms with Crippen LogP contribution in [0.15, 0.2) is 52.3 Å². The van der Waals surface area contributed by atoms with Gasteiger partial charge in [-0.3, -0.25) is 18.9 Å². The maximum atomic E-state index is 13.4. The van der Waals surface area contributed by atoms with Crippen molar-refractivity contribution >= 4 is 63.3 Å². The van der Waals surface area contributed by atoms with Gasteiger partial charge in [0.2, 0.25) is 0 Å². The molecule has 1 atom stereocenters. The molecule has 0 bridgehead atoms. The number of aromatic nitrogens is 2. The number of fused-ring (bicyclic) bond motifs is 1. The number of thiocarbonyl (C=S) groups is 1. The average molecular weight is 515 g/mol. The molecule has 176 valence electrons. The molecule has 0 radical (unpaired) electrons. The number of benzene rings is 1. The Balaban J connectivity index is 1.78. The van der Waals surface area contributed by atoms with E-state index in [4.69, 9.17) is 23.8 Å². The molecule has 34 heavy (non-hydrogen) atoms. The molecule has 4 rings (SSSR count). The van der Waals surface area contributed by atoms with Crippen molar-refractivity contribution in [2.75, 3.05) is 11.9 Å². The van der Waals surface area contributed by atoms with Gasteiger partial charge in [0, 0.05) is 11.2 Å². The molecule has 0 aliphatic carbocycles. The number of aryl methyl sites for hydroxylation is 1. The Bertz CT molecular complexity index is 1370. The highest BCUT2D eigenvalue weighted by Crippen LogP contribution is 2.35. The number of nitrogens with one attached hydrogen (secondary N) is 1. The number of rotatable bonds is 7. The maximum absolute atomic E-state index is 13.4. The minimum absolute atomic E-state index is 0.120. The van der Waals surface area contributed by atoms with E-state index in [1.807, 2.05) is 38.1 Å². The first-order valence-corrected chi connectivity index (χ1v) is 12.3. The smallest absolute Gasteiger partial charge is 0.267 e. The van der Waals surface area contributed by atoms with Crippen LogP contribution in [0.5, 0.6) is 0 Å². The summed E-state index contributed by atoms with van der Waals surface area (Å²) in [4.78, 5) is 33.1. The van der Waals surface area contributed by atoms with Crippen molar-refractivity contribution in [3.63, 3.8) is 0 Å². The lowest BCUT2D eigenvalue weighted by atomic mass is 10.2. The SMILES string of the molecule is CCC(CO)Nc1nc2c(C)cccn2c(=O)c1C=C1SC(=S)N(Cc2ccccc2Cl)C1=O. The maximum Gasteiger partial charge on any atom is 0.267 e. The van der Waals surface area contributed by atoms with Crippen LogP contribution in [0, 0.1) is 6.92 Å². The Hall–Kier alpha value is -2.72. The second-order valence-electron chi connectivity index (χ2n) is 7.86. The fourth-order valence-electron chi connectivity index (χ4n) is 3.59. The van der Waals surface area contributed by atoms with Gasteiger partial charge in [-0.25, -0.2) is 4.98 Å². The topological polar surface area (TPSA) is 86.9 Å². The van der Waals surface area contributed by atoms with Gasteiger partial charge in [-0.05, 0) is 42.7 Å². The first-order valence-electron chi connectivity index (χ1n) is 10.7. The molecule has 3 aromatic rings. The van der Waals surface area contributed by atoms with E-state index < -0.39 is 0 Å². The molecule has 2 N–H and O–H groups in total. The van der Waals surface area contributed by atoms with Crippen LogP contribution in [0.3, 0.4) is 0 Å². The summed E-state index contributed by atoms with van der Waals surface area (Å²) in [5, 5.41) is 13.4. The Morgan fingerprint density at radius 1 is 1.26 bits per heavy atom. The number of hydrogen-bond donors (Lipinski definition) is 2. The standard InChI is InChI=1S/C24H23ClN4O3S2/c1-3-16(13-30)26-20-17(22(31)28-10-6-7-14(2)21(28)27-20)11-19-23(32)29(24(33)34-19)12-15-8-4-5-9-18(15)25/h4-11,16,26,30H,3,12-13H2,1-2H3. The summed E-state index contributed by atoms with van der Waals surface area (Å²) in [7, 11) is 0. The summed E-state index contributed by atoms with van der Waals surface area (Å²) in [6.45, 7) is 3.91. The summed E-state index contributed by atoms with van der Waals surface area (Å²) in [5.41, 5.74) is 2.03. The molecule has 3 heterocycles. The van der Waals surface area contributed by atoms with Crippen LogP contribution in [0.2, 0.25) is 5.02 Å². The third-order valence-corrected chi connectivity index (χ3v) is 7.32. The van der Waals surface area contributed by atoms with Crippen LogP contribution < -0.4 is 10.9 Å².